The van der Waals surface area contributed by atoms with Crippen LogP contribution in [0.15, 0.2) is 6.07 Å². The van der Waals surface area contributed by atoms with Gasteiger partial charge in [0.15, 0.2) is 12.0 Å². The summed E-state index contributed by atoms with van der Waals surface area (Å²) in [6, 6.07) is 1.19. The molecule has 8 heteroatoms. The molecule has 0 amide bonds. The van der Waals surface area contributed by atoms with Crippen molar-refractivity contribution in [3.05, 3.63) is 21.0 Å². The van der Waals surface area contributed by atoms with Gasteiger partial charge in [0.1, 0.15) is 3.70 Å². The Hall–Kier alpha value is -0.900. The first-order chi connectivity index (χ1) is 7.37. The third kappa shape index (κ3) is 3.30. The summed E-state index contributed by atoms with van der Waals surface area (Å²) < 4.78 is 40.3. The van der Waals surface area contributed by atoms with Crippen LogP contribution in [0.4, 0.5) is 13.2 Å². The lowest BCUT2D eigenvalue weighted by atomic mass is 10.2. The van der Waals surface area contributed by atoms with Gasteiger partial charge in [-0.2, -0.15) is 0 Å². The van der Waals surface area contributed by atoms with Gasteiger partial charge in [0.05, 0.1) is 11.3 Å². The smallest absolute Gasteiger partial charge is 0.403 e. The molecule has 0 saturated carbocycles. The van der Waals surface area contributed by atoms with Crippen LogP contribution in [0.2, 0.25) is 0 Å². The van der Waals surface area contributed by atoms with Gasteiger partial charge in [-0.05, 0) is 28.7 Å². The van der Waals surface area contributed by atoms with Crippen LogP contribution in [-0.4, -0.2) is 17.6 Å². The molecule has 0 unspecified atom stereocenters. The normalized spacial score (nSPS) is 11.3. The predicted molar refractivity (Wildman–Crippen MR) is 56.9 cm³/mol. The fourth-order valence-corrected chi connectivity index (χ4v) is 1.66. The molecule has 0 fully saturated rings. The average Bonchev–Trinajstić information content (AvgIpc) is 2.18. The Morgan fingerprint density at radius 2 is 2.19 bits per heavy atom. The number of aldehydes is 1. The summed E-state index contributed by atoms with van der Waals surface area (Å²) in [5.74, 6) is -0.634. The molecule has 0 bridgehead atoms. The molecule has 0 atom stereocenters. The number of ether oxygens (including phenoxy) is 1. The zero-order valence-corrected chi connectivity index (χ0v) is 9.87. The van der Waals surface area contributed by atoms with Crippen molar-refractivity contribution in [1.29, 1.82) is 0 Å². The van der Waals surface area contributed by atoms with Crippen LogP contribution in [0.5, 0.6) is 5.75 Å². The lowest BCUT2D eigenvalue weighted by molar-refractivity contribution is -0.275. The molecule has 0 radical (unpaired) electrons. The summed E-state index contributed by atoms with van der Waals surface area (Å²) in [6.45, 7) is -0.247. The molecule has 88 valence electrons. The van der Waals surface area contributed by atoms with Crippen LogP contribution in [-0.2, 0) is 6.54 Å². The number of pyridine rings is 1. The van der Waals surface area contributed by atoms with E-state index in [2.05, 4.69) is 9.72 Å². The van der Waals surface area contributed by atoms with Crippen molar-refractivity contribution in [3.8, 4) is 5.75 Å². The monoisotopic (exact) mass is 346 g/mol. The molecular formula is C8H6F3IN2O2. The van der Waals surface area contributed by atoms with E-state index < -0.39 is 12.1 Å². The number of hydrogen-bond donors (Lipinski definition) is 1. The maximum absolute atomic E-state index is 12.1. The van der Waals surface area contributed by atoms with E-state index >= 15 is 0 Å². The minimum absolute atomic E-state index is 0.105. The summed E-state index contributed by atoms with van der Waals surface area (Å²) >= 11 is 1.77. The number of carbonyl (C=O) groups is 1. The predicted octanol–water partition coefficient (Wildman–Crippen LogP) is 1.86. The number of nitrogens with two attached hydrogens (primary N) is 1. The number of aromatic nitrogens is 1. The Labute approximate surface area is 102 Å². The van der Waals surface area contributed by atoms with E-state index in [-0.39, 0.29) is 24.1 Å². The lowest BCUT2D eigenvalue weighted by Gasteiger charge is -2.13. The van der Waals surface area contributed by atoms with Gasteiger partial charge in [0.2, 0.25) is 0 Å². The first-order valence-corrected chi connectivity index (χ1v) is 5.05. The van der Waals surface area contributed by atoms with Crippen LogP contribution in [0.25, 0.3) is 0 Å². The van der Waals surface area contributed by atoms with Crippen molar-refractivity contribution in [2.75, 3.05) is 0 Å². The van der Waals surface area contributed by atoms with Gasteiger partial charge in [0, 0.05) is 6.54 Å². The lowest BCUT2D eigenvalue weighted by Crippen LogP contribution is -2.20. The molecule has 1 aromatic heterocycles. The van der Waals surface area contributed by atoms with Crippen molar-refractivity contribution < 1.29 is 22.7 Å². The standard InChI is InChI=1S/C8H6F3IN2O2/c9-8(10,11)16-7-4(3-15)1-6(12)14-5(7)2-13/h1,3H,2,13H2. The van der Waals surface area contributed by atoms with E-state index in [0.717, 1.165) is 0 Å². The fraction of sp³-hybridized carbons (Fsp3) is 0.250. The quantitative estimate of drug-likeness (QED) is 0.516. The number of alkyl halides is 3. The average molecular weight is 346 g/mol. The van der Waals surface area contributed by atoms with E-state index in [0.29, 0.717) is 3.70 Å². The molecule has 0 spiro atoms. The third-order valence-electron chi connectivity index (χ3n) is 1.58. The van der Waals surface area contributed by atoms with Crippen molar-refractivity contribution in [2.45, 2.75) is 12.9 Å². The van der Waals surface area contributed by atoms with Gasteiger partial charge in [-0.1, -0.05) is 0 Å². The van der Waals surface area contributed by atoms with Crippen LogP contribution < -0.4 is 10.5 Å². The summed E-state index contributed by atoms with van der Waals surface area (Å²) in [7, 11) is 0. The van der Waals surface area contributed by atoms with Crippen molar-refractivity contribution in [2.24, 2.45) is 5.73 Å². The zero-order chi connectivity index (χ0) is 12.3. The first kappa shape index (κ1) is 13.2. The summed E-state index contributed by atoms with van der Waals surface area (Å²) in [6.07, 6.45) is -4.61. The Bertz CT molecular complexity index is 409. The van der Waals surface area contributed by atoms with Crippen LogP contribution in [0.3, 0.4) is 0 Å². The van der Waals surface area contributed by atoms with Crippen LogP contribution in [0.1, 0.15) is 16.1 Å². The second-order valence-electron chi connectivity index (χ2n) is 2.68. The molecule has 0 aromatic carbocycles. The van der Waals surface area contributed by atoms with E-state index in [9.17, 15) is 18.0 Å². The van der Waals surface area contributed by atoms with E-state index in [4.69, 9.17) is 5.73 Å². The summed E-state index contributed by atoms with van der Waals surface area (Å²) in [4.78, 5) is 14.4. The molecule has 1 rings (SSSR count). The SMILES string of the molecule is NCc1nc(I)cc(C=O)c1OC(F)(F)F. The van der Waals surface area contributed by atoms with Gasteiger partial charge in [-0.15, -0.1) is 13.2 Å². The van der Waals surface area contributed by atoms with Crippen molar-refractivity contribution in [1.82, 2.24) is 4.98 Å². The van der Waals surface area contributed by atoms with Gasteiger partial charge >= 0.3 is 6.36 Å². The number of nitrogens with zero attached hydrogens (tertiary/aromatic N) is 1. The van der Waals surface area contributed by atoms with E-state index in [1.807, 2.05) is 0 Å². The molecule has 4 nitrogen and oxygen atoms in total. The van der Waals surface area contributed by atoms with E-state index in [1.54, 1.807) is 22.6 Å². The van der Waals surface area contributed by atoms with Gasteiger partial charge in [-0.25, -0.2) is 4.98 Å². The summed E-state index contributed by atoms with van der Waals surface area (Å²) in [5.41, 5.74) is 4.90. The zero-order valence-electron chi connectivity index (χ0n) is 7.71. The Morgan fingerprint density at radius 1 is 1.56 bits per heavy atom. The molecule has 16 heavy (non-hydrogen) atoms. The molecule has 1 aromatic rings. The minimum Gasteiger partial charge on any atom is -0.403 e. The van der Waals surface area contributed by atoms with Crippen LogP contribution in [0, 0.1) is 3.70 Å². The van der Waals surface area contributed by atoms with E-state index in [1.165, 1.54) is 6.07 Å². The van der Waals surface area contributed by atoms with Crippen molar-refractivity contribution >= 4 is 28.9 Å². The molecular weight excluding hydrogens is 340 g/mol. The number of rotatable bonds is 3. The largest absolute Gasteiger partial charge is 0.573 e. The summed E-state index contributed by atoms with van der Waals surface area (Å²) in [5, 5.41) is 0. The number of hydrogen-bond acceptors (Lipinski definition) is 4. The highest BCUT2D eigenvalue weighted by Gasteiger charge is 2.33. The minimum atomic E-state index is -4.88. The Balaban J connectivity index is 3.27. The first-order valence-electron chi connectivity index (χ1n) is 3.97. The Morgan fingerprint density at radius 3 is 2.62 bits per heavy atom. The second-order valence-corrected chi connectivity index (χ2v) is 3.79. The highest BCUT2D eigenvalue weighted by Crippen LogP contribution is 2.29. The number of halogens is 4. The molecule has 0 aliphatic rings. The molecule has 0 aliphatic carbocycles. The Kier molecular flexibility index (Phi) is 4.08. The highest BCUT2D eigenvalue weighted by atomic mass is 127. The van der Waals surface area contributed by atoms with Gasteiger partial charge < -0.3 is 10.5 Å². The maximum atomic E-state index is 12.1. The topological polar surface area (TPSA) is 65.2 Å². The third-order valence-corrected chi connectivity index (χ3v) is 2.13. The van der Waals surface area contributed by atoms with Gasteiger partial charge in [-0.3, -0.25) is 4.79 Å². The highest BCUT2D eigenvalue weighted by molar-refractivity contribution is 14.1. The van der Waals surface area contributed by atoms with Gasteiger partial charge in [0.25, 0.3) is 0 Å². The molecule has 0 saturated heterocycles. The van der Waals surface area contributed by atoms with Crippen LogP contribution >= 0.6 is 22.6 Å². The number of carbonyl (C=O) groups excluding carboxylic acids is 1. The molecule has 0 aliphatic heterocycles. The maximum Gasteiger partial charge on any atom is 0.573 e. The fourth-order valence-electron chi connectivity index (χ4n) is 1.03. The second kappa shape index (κ2) is 4.95. The molecule has 1 heterocycles. The van der Waals surface area contributed by atoms with Crippen molar-refractivity contribution in [3.63, 3.8) is 0 Å². The molecule has 2 N–H and O–H groups in total.